The first-order valence-corrected chi connectivity index (χ1v) is 9.29. The minimum atomic E-state index is -0.375. The number of anilines is 1. The van der Waals surface area contributed by atoms with Gasteiger partial charge in [-0.3, -0.25) is 4.79 Å². The Hall–Kier alpha value is -4.00. The molecule has 7 heteroatoms. The van der Waals surface area contributed by atoms with E-state index in [2.05, 4.69) is 15.4 Å². The average molecular weight is 402 g/mol. The van der Waals surface area contributed by atoms with Crippen LogP contribution in [0.3, 0.4) is 0 Å². The summed E-state index contributed by atoms with van der Waals surface area (Å²) in [5.74, 6) is -0.165. The number of hydrogen-bond acceptors (Lipinski definition) is 4. The molecular formula is C23H19FN4O2. The van der Waals surface area contributed by atoms with E-state index in [9.17, 15) is 9.18 Å². The zero-order valence-corrected chi connectivity index (χ0v) is 16.5. The maximum Gasteiger partial charge on any atom is 0.336 e. The summed E-state index contributed by atoms with van der Waals surface area (Å²) in [5.41, 5.74) is 3.44. The number of amides is 1. The van der Waals surface area contributed by atoms with Crippen LogP contribution in [-0.2, 0) is 0 Å². The fourth-order valence-electron chi connectivity index (χ4n) is 3.00. The van der Waals surface area contributed by atoms with E-state index in [1.807, 2.05) is 25.1 Å². The molecule has 0 radical (unpaired) electrons. The van der Waals surface area contributed by atoms with Gasteiger partial charge in [0.05, 0.1) is 12.8 Å². The molecule has 1 aromatic heterocycles. The monoisotopic (exact) mass is 402 g/mol. The molecule has 1 amide bonds. The van der Waals surface area contributed by atoms with Gasteiger partial charge in [0.25, 0.3) is 5.91 Å². The Bertz CT molecular complexity index is 1200. The van der Waals surface area contributed by atoms with Gasteiger partial charge in [-0.2, -0.15) is 4.98 Å². The molecule has 1 heterocycles. The van der Waals surface area contributed by atoms with Gasteiger partial charge in [0, 0.05) is 16.8 Å². The smallest absolute Gasteiger partial charge is 0.336 e. The van der Waals surface area contributed by atoms with Crippen molar-refractivity contribution >= 4 is 11.6 Å². The van der Waals surface area contributed by atoms with Gasteiger partial charge in [-0.25, -0.2) is 9.07 Å². The molecule has 3 aromatic carbocycles. The molecule has 0 atom stereocenters. The number of aryl methyl sites for hydroxylation is 1. The number of carbonyl (C=O) groups excluding carboxylic acids is 1. The van der Waals surface area contributed by atoms with E-state index in [4.69, 9.17) is 4.74 Å². The highest BCUT2D eigenvalue weighted by Gasteiger charge is 2.15. The number of benzene rings is 3. The summed E-state index contributed by atoms with van der Waals surface area (Å²) in [5, 5.41) is 7.23. The van der Waals surface area contributed by atoms with Crippen molar-refractivity contribution in [1.29, 1.82) is 0 Å². The van der Waals surface area contributed by atoms with Crippen LogP contribution >= 0.6 is 0 Å². The summed E-state index contributed by atoms with van der Waals surface area (Å²) in [4.78, 5) is 16.9. The van der Waals surface area contributed by atoms with Crippen LogP contribution in [0.4, 0.5) is 10.1 Å². The van der Waals surface area contributed by atoms with Crippen LogP contribution in [0, 0.1) is 12.7 Å². The van der Waals surface area contributed by atoms with E-state index in [0.29, 0.717) is 28.3 Å². The molecule has 4 rings (SSSR count). The number of hydrogen-bond donors (Lipinski definition) is 1. The minimum absolute atomic E-state index is 0.156. The van der Waals surface area contributed by atoms with E-state index in [0.717, 1.165) is 5.56 Å². The highest BCUT2D eigenvalue weighted by molar-refractivity contribution is 6.04. The van der Waals surface area contributed by atoms with Crippen molar-refractivity contribution in [3.05, 3.63) is 89.7 Å². The molecule has 0 saturated carbocycles. The van der Waals surface area contributed by atoms with E-state index in [-0.39, 0.29) is 17.7 Å². The van der Waals surface area contributed by atoms with Crippen LogP contribution in [-0.4, -0.2) is 27.8 Å². The predicted octanol–water partition coefficient (Wildman–Crippen LogP) is 4.64. The zero-order valence-electron chi connectivity index (χ0n) is 16.5. The van der Waals surface area contributed by atoms with Crippen molar-refractivity contribution in [1.82, 2.24) is 14.8 Å². The molecular weight excluding hydrogens is 383 g/mol. The minimum Gasteiger partial charge on any atom is -0.466 e. The number of methoxy groups -OCH3 is 1. The molecule has 0 fully saturated rings. The second-order valence-electron chi connectivity index (χ2n) is 6.71. The largest absolute Gasteiger partial charge is 0.466 e. The lowest BCUT2D eigenvalue weighted by Crippen LogP contribution is -2.12. The van der Waals surface area contributed by atoms with Gasteiger partial charge < -0.3 is 10.1 Å². The topological polar surface area (TPSA) is 69.0 Å². The molecule has 0 spiro atoms. The summed E-state index contributed by atoms with van der Waals surface area (Å²) in [6.07, 6.45) is 0. The fourth-order valence-corrected chi connectivity index (χ4v) is 3.00. The van der Waals surface area contributed by atoms with Crippen LogP contribution in [0.15, 0.2) is 72.8 Å². The second kappa shape index (κ2) is 8.16. The Balaban J connectivity index is 1.68. The van der Waals surface area contributed by atoms with E-state index < -0.39 is 0 Å². The molecule has 0 unspecified atom stereocenters. The van der Waals surface area contributed by atoms with Gasteiger partial charge in [0.15, 0.2) is 5.82 Å². The molecule has 0 aliphatic rings. The fraction of sp³-hybridized carbons (Fsp3) is 0.0870. The number of nitrogens with zero attached hydrogens (tertiary/aromatic N) is 3. The molecule has 150 valence electrons. The predicted molar refractivity (Wildman–Crippen MR) is 112 cm³/mol. The highest BCUT2D eigenvalue weighted by atomic mass is 19.1. The Morgan fingerprint density at radius 1 is 1.03 bits per heavy atom. The van der Waals surface area contributed by atoms with Crippen molar-refractivity contribution in [3.63, 3.8) is 0 Å². The van der Waals surface area contributed by atoms with Crippen LogP contribution < -0.4 is 10.1 Å². The zero-order chi connectivity index (χ0) is 21.1. The number of aromatic nitrogens is 3. The second-order valence-corrected chi connectivity index (χ2v) is 6.71. The SMILES string of the molecule is COc1nc(-c2cccc(F)c2)n(-c2cccc(NC(=O)c3ccc(C)cc3)c2)n1. The lowest BCUT2D eigenvalue weighted by Gasteiger charge is -2.09. The van der Waals surface area contributed by atoms with Crippen molar-refractivity contribution in [2.75, 3.05) is 12.4 Å². The number of halogens is 1. The standard InChI is InChI=1S/C23H19FN4O2/c1-15-9-11-16(12-10-15)22(29)25-19-7-4-8-20(14-19)28-21(26-23(27-28)30-2)17-5-3-6-18(24)13-17/h3-14H,1-2H3,(H,25,29). The first-order valence-electron chi connectivity index (χ1n) is 9.29. The summed E-state index contributed by atoms with van der Waals surface area (Å²) in [6.45, 7) is 1.97. The molecule has 30 heavy (non-hydrogen) atoms. The molecule has 4 aromatic rings. The van der Waals surface area contributed by atoms with Gasteiger partial charge in [0.1, 0.15) is 5.82 Å². The van der Waals surface area contributed by atoms with E-state index in [1.54, 1.807) is 47.1 Å². The number of rotatable bonds is 5. The molecule has 0 saturated heterocycles. The first-order chi connectivity index (χ1) is 14.5. The van der Waals surface area contributed by atoms with Crippen LogP contribution in [0.25, 0.3) is 17.1 Å². The van der Waals surface area contributed by atoms with Gasteiger partial charge in [0.2, 0.25) is 0 Å². The Morgan fingerprint density at radius 3 is 2.53 bits per heavy atom. The normalized spacial score (nSPS) is 10.6. The Morgan fingerprint density at radius 2 is 1.80 bits per heavy atom. The quantitative estimate of drug-likeness (QED) is 0.528. The number of ether oxygens (including phenoxy) is 1. The molecule has 6 nitrogen and oxygen atoms in total. The maximum absolute atomic E-state index is 13.7. The lowest BCUT2D eigenvalue weighted by molar-refractivity contribution is 0.102. The number of carbonyl (C=O) groups is 1. The Labute approximate surface area is 173 Å². The van der Waals surface area contributed by atoms with Crippen molar-refractivity contribution < 1.29 is 13.9 Å². The van der Waals surface area contributed by atoms with Crippen molar-refractivity contribution in [3.8, 4) is 23.1 Å². The average Bonchev–Trinajstić information content (AvgIpc) is 3.19. The Kier molecular flexibility index (Phi) is 5.26. The third kappa shape index (κ3) is 4.05. The molecule has 0 aliphatic heterocycles. The van der Waals surface area contributed by atoms with Crippen LogP contribution in [0.5, 0.6) is 6.01 Å². The van der Waals surface area contributed by atoms with E-state index >= 15 is 0 Å². The van der Waals surface area contributed by atoms with Gasteiger partial charge in [-0.05, 0) is 49.4 Å². The third-order valence-corrected chi connectivity index (χ3v) is 4.52. The first kappa shape index (κ1) is 19.3. The summed E-state index contributed by atoms with van der Waals surface area (Å²) < 4.78 is 20.4. The third-order valence-electron chi connectivity index (χ3n) is 4.52. The van der Waals surface area contributed by atoms with Crippen LogP contribution in [0.1, 0.15) is 15.9 Å². The summed E-state index contributed by atoms with van der Waals surface area (Å²) in [7, 11) is 1.47. The van der Waals surface area contributed by atoms with Crippen molar-refractivity contribution in [2.45, 2.75) is 6.92 Å². The van der Waals surface area contributed by atoms with E-state index in [1.165, 1.54) is 19.2 Å². The van der Waals surface area contributed by atoms with Gasteiger partial charge in [-0.1, -0.05) is 35.9 Å². The molecule has 1 N–H and O–H groups in total. The lowest BCUT2D eigenvalue weighted by atomic mass is 10.1. The number of nitrogens with one attached hydrogen (secondary N) is 1. The molecule has 0 bridgehead atoms. The van der Waals surface area contributed by atoms with Crippen molar-refractivity contribution in [2.24, 2.45) is 0 Å². The maximum atomic E-state index is 13.7. The highest BCUT2D eigenvalue weighted by Crippen LogP contribution is 2.25. The van der Waals surface area contributed by atoms with Crippen LogP contribution in [0.2, 0.25) is 0 Å². The van der Waals surface area contributed by atoms with Gasteiger partial charge in [-0.15, -0.1) is 5.10 Å². The summed E-state index contributed by atoms with van der Waals surface area (Å²) >= 11 is 0. The summed E-state index contributed by atoms with van der Waals surface area (Å²) in [6, 6.07) is 20.7. The molecule has 0 aliphatic carbocycles. The van der Waals surface area contributed by atoms with Gasteiger partial charge >= 0.3 is 6.01 Å².